The summed E-state index contributed by atoms with van der Waals surface area (Å²) >= 11 is 0. The Morgan fingerprint density at radius 1 is 0.402 bits per heavy atom. The van der Waals surface area contributed by atoms with E-state index in [4.69, 9.17) is 56.6 Å². The molecule has 2 rings (SSSR count). The lowest BCUT2D eigenvalue weighted by Gasteiger charge is -2.19. The maximum Gasteiger partial charge on any atom is 0.330 e. The third-order valence-corrected chi connectivity index (χ3v) is 15.4. The topological polar surface area (TPSA) is 179 Å². The van der Waals surface area contributed by atoms with Crippen molar-refractivity contribution in [1.29, 1.82) is 0 Å². The molecule has 17 nitrogen and oxygen atoms in total. The summed E-state index contributed by atoms with van der Waals surface area (Å²) in [7, 11) is -3.55. The molecule has 18 heteroatoms. The van der Waals surface area contributed by atoms with E-state index in [1.165, 1.54) is 173 Å². The maximum absolute atomic E-state index is 11.6. The summed E-state index contributed by atoms with van der Waals surface area (Å²) < 4.78 is 82.8. The highest BCUT2D eigenvalue weighted by Gasteiger charge is 2.19. The van der Waals surface area contributed by atoms with Gasteiger partial charge in [0.05, 0.1) is 151 Å². The SMILES string of the molecule is CCCCCCCCCCCCOc1cc(Cn2cc(COCCOCCOCCOCCOCCOCCOCCOCCP(=O)(O)OCC)nn2)cc(OCCCCCCCCCCCC)c1OCCCCCCCCCCCC. The average molecular weight is 1190 g/mol. The first-order valence-corrected chi connectivity index (χ1v) is 34.7. The van der Waals surface area contributed by atoms with Crippen LogP contribution >= 0.6 is 7.60 Å². The fourth-order valence-corrected chi connectivity index (χ4v) is 10.1. The first-order chi connectivity index (χ1) is 40.4. The molecule has 1 aromatic heterocycles. The molecule has 1 atom stereocenters. The predicted octanol–water partition coefficient (Wildman–Crippen LogP) is 15.1. The van der Waals surface area contributed by atoms with Gasteiger partial charge in [-0.3, -0.25) is 4.57 Å². The number of rotatable bonds is 66. The Bertz CT molecular complexity index is 1660. The minimum absolute atomic E-state index is 0.0325. The Morgan fingerprint density at radius 3 is 1.07 bits per heavy atom. The van der Waals surface area contributed by atoms with Crippen molar-refractivity contribution >= 4 is 7.60 Å². The van der Waals surface area contributed by atoms with Crippen molar-refractivity contribution < 1.29 is 66.1 Å². The van der Waals surface area contributed by atoms with E-state index in [9.17, 15) is 9.46 Å². The summed E-state index contributed by atoms with van der Waals surface area (Å²) in [6.45, 7) is 17.8. The maximum atomic E-state index is 11.6. The van der Waals surface area contributed by atoms with Gasteiger partial charge in [-0.25, -0.2) is 4.68 Å². The van der Waals surface area contributed by atoms with Gasteiger partial charge in [0, 0.05) is 0 Å². The molecular weight excluding hydrogens is 1070 g/mol. The van der Waals surface area contributed by atoms with Gasteiger partial charge >= 0.3 is 7.60 Å². The van der Waals surface area contributed by atoms with Crippen LogP contribution in [0.1, 0.15) is 232 Å². The average Bonchev–Trinajstić information content (AvgIpc) is 3.93. The Labute approximate surface area is 498 Å². The minimum Gasteiger partial charge on any atom is -0.490 e. The summed E-state index contributed by atoms with van der Waals surface area (Å²) in [5.74, 6) is 2.26. The molecule has 1 heterocycles. The lowest BCUT2D eigenvalue weighted by atomic mass is 10.1. The number of aromatic nitrogens is 3. The second kappa shape index (κ2) is 57.7. The van der Waals surface area contributed by atoms with Crippen molar-refractivity contribution in [2.24, 2.45) is 0 Å². The summed E-state index contributed by atoms with van der Waals surface area (Å²) in [5, 5.41) is 8.89. The van der Waals surface area contributed by atoms with Crippen LogP contribution in [0.15, 0.2) is 18.3 Å². The van der Waals surface area contributed by atoms with E-state index in [2.05, 4.69) is 43.2 Å². The van der Waals surface area contributed by atoms with Crippen LogP contribution in [-0.4, -0.2) is 152 Å². The third-order valence-electron chi connectivity index (χ3n) is 14.0. The smallest absolute Gasteiger partial charge is 0.330 e. The number of ether oxygens (including phenoxy) is 11. The van der Waals surface area contributed by atoms with Gasteiger partial charge in [-0.1, -0.05) is 199 Å². The van der Waals surface area contributed by atoms with E-state index in [0.717, 1.165) is 47.8 Å². The number of benzene rings is 1. The number of hydrogen-bond donors (Lipinski definition) is 1. The van der Waals surface area contributed by atoms with Crippen molar-refractivity contribution in [2.45, 2.75) is 233 Å². The van der Waals surface area contributed by atoms with Crippen LogP contribution in [0, 0.1) is 0 Å². The molecule has 0 amide bonds. The van der Waals surface area contributed by atoms with Gasteiger partial charge in [0.1, 0.15) is 5.69 Å². The molecule has 0 aliphatic heterocycles. The van der Waals surface area contributed by atoms with Crippen molar-refractivity contribution in [3.05, 3.63) is 29.6 Å². The monoisotopic (exact) mass is 1190 g/mol. The zero-order valence-corrected chi connectivity index (χ0v) is 53.4. The van der Waals surface area contributed by atoms with Crippen LogP contribution < -0.4 is 14.2 Å². The molecule has 480 valence electrons. The van der Waals surface area contributed by atoms with Gasteiger partial charge < -0.3 is 61.5 Å². The van der Waals surface area contributed by atoms with E-state index in [0.29, 0.717) is 125 Å². The molecule has 1 aromatic carbocycles. The minimum atomic E-state index is -3.55. The van der Waals surface area contributed by atoms with Crippen LogP contribution in [-0.2, 0) is 60.1 Å². The van der Waals surface area contributed by atoms with Gasteiger partial charge in [-0.05, 0) is 43.9 Å². The van der Waals surface area contributed by atoms with Crippen molar-refractivity contribution in [3.8, 4) is 17.2 Å². The first-order valence-electron chi connectivity index (χ1n) is 32.9. The molecule has 0 bridgehead atoms. The van der Waals surface area contributed by atoms with Crippen molar-refractivity contribution in [2.75, 3.05) is 132 Å². The van der Waals surface area contributed by atoms with E-state index >= 15 is 0 Å². The van der Waals surface area contributed by atoms with Crippen molar-refractivity contribution in [1.82, 2.24) is 15.0 Å². The first kappa shape index (κ1) is 75.7. The second-order valence-corrected chi connectivity index (χ2v) is 23.5. The highest BCUT2D eigenvalue weighted by Crippen LogP contribution is 2.41. The summed E-state index contributed by atoms with van der Waals surface area (Å²) in [4.78, 5) is 9.51. The van der Waals surface area contributed by atoms with Crippen LogP contribution in [0.3, 0.4) is 0 Å². The van der Waals surface area contributed by atoms with Gasteiger partial charge in [0.2, 0.25) is 5.75 Å². The number of unbranched alkanes of at least 4 members (excludes halogenated alkanes) is 27. The molecule has 0 spiro atoms. The lowest BCUT2D eigenvalue weighted by molar-refractivity contribution is -0.0234. The quantitative estimate of drug-likeness (QED) is 0.0488. The molecule has 0 aliphatic carbocycles. The standard InChI is InChI=1S/C64H120N3O14P/c1-5-9-12-15-18-21-24-27-30-33-36-78-62-55-60(56-63(79-37-34-31-28-25-22-19-16-13-10-6-2)64(62)80-38-35-32-29-26-23-20-17-14-11-7-3)57-67-58-61(65-66-67)59-77-52-51-75-48-47-73-44-43-71-40-39-70-41-42-72-45-46-74-49-50-76-53-54-82(68,69)81-8-4/h55-56,58H,5-54,57,59H2,1-4H3,(H,68,69). The molecule has 0 saturated carbocycles. The molecule has 82 heavy (non-hydrogen) atoms. The zero-order chi connectivity index (χ0) is 58.8. The number of hydrogen-bond acceptors (Lipinski definition) is 15. The molecule has 0 radical (unpaired) electrons. The summed E-state index contributed by atoms with van der Waals surface area (Å²) in [5.41, 5.74) is 1.79. The van der Waals surface area contributed by atoms with E-state index in [-0.39, 0.29) is 19.4 Å². The van der Waals surface area contributed by atoms with Gasteiger partial charge in [-0.15, -0.1) is 5.10 Å². The fraction of sp³-hybridized carbons (Fsp3) is 0.875. The van der Waals surface area contributed by atoms with Gasteiger partial charge in [0.15, 0.2) is 11.5 Å². The third kappa shape index (κ3) is 46.8. The van der Waals surface area contributed by atoms with E-state index in [1.807, 2.05) is 10.9 Å². The highest BCUT2D eigenvalue weighted by atomic mass is 31.2. The largest absolute Gasteiger partial charge is 0.490 e. The lowest BCUT2D eigenvalue weighted by Crippen LogP contribution is -2.15. The van der Waals surface area contributed by atoms with Gasteiger partial charge in [-0.2, -0.15) is 0 Å². The predicted molar refractivity (Wildman–Crippen MR) is 329 cm³/mol. The van der Waals surface area contributed by atoms with Crippen LogP contribution in [0.2, 0.25) is 0 Å². The zero-order valence-electron chi connectivity index (χ0n) is 52.5. The molecule has 0 fully saturated rings. The normalized spacial score (nSPS) is 12.4. The van der Waals surface area contributed by atoms with Crippen molar-refractivity contribution in [3.63, 3.8) is 0 Å². The summed E-state index contributed by atoms with van der Waals surface area (Å²) in [6.07, 6.45) is 40.4. The molecule has 0 saturated heterocycles. The van der Waals surface area contributed by atoms with E-state index in [1.54, 1.807) is 6.92 Å². The van der Waals surface area contributed by atoms with Crippen LogP contribution in [0.5, 0.6) is 17.2 Å². The molecule has 0 aliphatic rings. The van der Waals surface area contributed by atoms with Crippen LogP contribution in [0.4, 0.5) is 0 Å². The molecular formula is C64H120N3O14P. The van der Waals surface area contributed by atoms with E-state index < -0.39 is 7.60 Å². The fourth-order valence-electron chi connectivity index (χ4n) is 9.22. The van der Waals surface area contributed by atoms with Gasteiger partial charge in [0.25, 0.3) is 0 Å². The Kier molecular flexibility index (Phi) is 53.2. The second-order valence-electron chi connectivity index (χ2n) is 21.5. The Balaban J connectivity index is 1.76. The summed E-state index contributed by atoms with van der Waals surface area (Å²) in [6, 6.07) is 4.24. The highest BCUT2D eigenvalue weighted by molar-refractivity contribution is 7.52. The number of nitrogens with zero attached hydrogens (tertiary/aromatic N) is 3. The Morgan fingerprint density at radius 2 is 0.720 bits per heavy atom. The Hall–Kier alpha value is -2.41. The molecule has 2 aromatic rings. The molecule has 1 unspecified atom stereocenters. The molecule has 1 N–H and O–H groups in total. The van der Waals surface area contributed by atoms with Crippen LogP contribution in [0.25, 0.3) is 0 Å².